The number of nitrogens with zero attached hydrogens (tertiary/aromatic N) is 2. The van der Waals surface area contributed by atoms with Crippen LogP contribution in [0.15, 0.2) is 54.6 Å². The van der Waals surface area contributed by atoms with Gasteiger partial charge < -0.3 is 9.84 Å². The van der Waals surface area contributed by atoms with E-state index in [0.717, 1.165) is 29.1 Å². The van der Waals surface area contributed by atoms with Crippen molar-refractivity contribution in [3.63, 3.8) is 0 Å². The van der Waals surface area contributed by atoms with Crippen molar-refractivity contribution in [2.24, 2.45) is 0 Å². The van der Waals surface area contributed by atoms with Crippen LogP contribution in [-0.2, 0) is 6.42 Å². The largest absolute Gasteiger partial charge is 0.497 e. The van der Waals surface area contributed by atoms with Crippen molar-refractivity contribution in [3.8, 4) is 34.5 Å². The molecule has 132 valence electrons. The van der Waals surface area contributed by atoms with Crippen molar-refractivity contribution in [3.05, 3.63) is 65.9 Å². The molecule has 2 aromatic carbocycles. The monoisotopic (exact) mass is 346 g/mol. The van der Waals surface area contributed by atoms with Crippen LogP contribution in [0.3, 0.4) is 0 Å². The van der Waals surface area contributed by atoms with Crippen LogP contribution in [0.25, 0.3) is 16.9 Å². The number of aliphatic hydroxyl groups is 1. The Bertz CT molecular complexity index is 862. The van der Waals surface area contributed by atoms with Gasteiger partial charge in [-0.3, -0.25) is 0 Å². The Balaban J connectivity index is 2.09. The maximum absolute atomic E-state index is 9.42. The first-order chi connectivity index (χ1) is 12.6. The van der Waals surface area contributed by atoms with E-state index in [4.69, 9.17) is 4.74 Å². The molecule has 0 spiro atoms. The maximum Gasteiger partial charge on any atom is 0.136 e. The van der Waals surface area contributed by atoms with Gasteiger partial charge in [0.15, 0.2) is 0 Å². The minimum absolute atomic E-state index is 0.622. The fraction of sp³-hybridized carbons (Fsp3) is 0.227. The Morgan fingerprint density at radius 3 is 2.38 bits per heavy atom. The van der Waals surface area contributed by atoms with E-state index >= 15 is 0 Å². The van der Waals surface area contributed by atoms with E-state index in [-0.39, 0.29) is 0 Å². The van der Waals surface area contributed by atoms with E-state index in [0.29, 0.717) is 5.69 Å². The molecular formula is C22H22N2O2. The van der Waals surface area contributed by atoms with Crippen LogP contribution < -0.4 is 4.74 Å². The molecule has 0 saturated heterocycles. The highest BCUT2D eigenvalue weighted by molar-refractivity contribution is 5.64. The van der Waals surface area contributed by atoms with Crippen molar-refractivity contribution in [2.45, 2.75) is 26.4 Å². The molecule has 1 aromatic heterocycles. The molecule has 0 radical (unpaired) electrons. The minimum atomic E-state index is -0.687. The van der Waals surface area contributed by atoms with E-state index in [1.54, 1.807) is 14.0 Å². The summed E-state index contributed by atoms with van der Waals surface area (Å²) in [4.78, 5) is 0. The molecule has 3 aromatic rings. The maximum atomic E-state index is 9.42. The van der Waals surface area contributed by atoms with Crippen LogP contribution in [0.5, 0.6) is 5.75 Å². The van der Waals surface area contributed by atoms with Gasteiger partial charge in [-0.1, -0.05) is 37.1 Å². The summed E-state index contributed by atoms with van der Waals surface area (Å²) < 4.78 is 7.10. The molecule has 0 bridgehead atoms. The first kappa shape index (κ1) is 17.8. The molecule has 4 heteroatoms. The smallest absolute Gasteiger partial charge is 0.136 e. The van der Waals surface area contributed by atoms with Crippen LogP contribution in [-0.4, -0.2) is 28.1 Å². The van der Waals surface area contributed by atoms with Crippen molar-refractivity contribution in [2.75, 3.05) is 7.11 Å². The van der Waals surface area contributed by atoms with Crippen LogP contribution in [0.2, 0.25) is 0 Å². The summed E-state index contributed by atoms with van der Waals surface area (Å²) in [5, 5.41) is 14.0. The number of methoxy groups -OCH3 is 1. The normalized spacial score (nSPS) is 11.5. The molecule has 1 heterocycles. The third-order valence-corrected chi connectivity index (χ3v) is 4.09. The third-order valence-electron chi connectivity index (χ3n) is 4.09. The minimum Gasteiger partial charge on any atom is -0.497 e. The SMILES string of the molecule is CCc1ccc(-c2cc(C#CC(C)O)nn2-c2ccc(OC)cc2)cc1. The number of aromatic nitrogens is 2. The van der Waals surface area contributed by atoms with Crippen molar-refractivity contribution in [1.82, 2.24) is 9.78 Å². The number of aryl methyl sites for hydroxylation is 1. The van der Waals surface area contributed by atoms with E-state index in [1.165, 1.54) is 5.56 Å². The van der Waals surface area contributed by atoms with Gasteiger partial charge in [0.25, 0.3) is 0 Å². The van der Waals surface area contributed by atoms with E-state index in [2.05, 4.69) is 48.1 Å². The highest BCUT2D eigenvalue weighted by Gasteiger charge is 2.11. The van der Waals surface area contributed by atoms with Gasteiger partial charge in [-0.05, 0) is 49.1 Å². The lowest BCUT2D eigenvalue weighted by Gasteiger charge is -2.09. The summed E-state index contributed by atoms with van der Waals surface area (Å²) in [5.74, 6) is 6.48. The lowest BCUT2D eigenvalue weighted by atomic mass is 10.1. The van der Waals surface area contributed by atoms with Gasteiger partial charge in [-0.2, -0.15) is 5.10 Å². The lowest BCUT2D eigenvalue weighted by Crippen LogP contribution is -1.99. The molecule has 26 heavy (non-hydrogen) atoms. The predicted octanol–water partition coefficient (Wildman–Crippen LogP) is 3.84. The van der Waals surface area contributed by atoms with Gasteiger partial charge in [-0.15, -0.1) is 0 Å². The summed E-state index contributed by atoms with van der Waals surface area (Å²) in [5.41, 5.74) is 4.85. The van der Waals surface area contributed by atoms with Gasteiger partial charge in [0.2, 0.25) is 0 Å². The fourth-order valence-corrected chi connectivity index (χ4v) is 2.66. The van der Waals surface area contributed by atoms with Crippen molar-refractivity contribution >= 4 is 0 Å². The second kappa shape index (κ2) is 7.90. The molecule has 0 aliphatic carbocycles. The van der Waals surface area contributed by atoms with E-state index in [9.17, 15) is 5.11 Å². The van der Waals surface area contributed by atoms with Gasteiger partial charge >= 0.3 is 0 Å². The Hall–Kier alpha value is -3.03. The Labute approximate surface area is 154 Å². The van der Waals surface area contributed by atoms with Crippen molar-refractivity contribution < 1.29 is 9.84 Å². The number of hydrogen-bond acceptors (Lipinski definition) is 3. The molecule has 0 fully saturated rings. The van der Waals surface area contributed by atoms with Crippen LogP contribution in [0.4, 0.5) is 0 Å². The number of rotatable bonds is 4. The number of ether oxygens (including phenoxy) is 1. The summed E-state index contributed by atoms with van der Waals surface area (Å²) in [6.45, 7) is 3.78. The summed E-state index contributed by atoms with van der Waals surface area (Å²) in [6.07, 6.45) is 0.316. The van der Waals surface area contributed by atoms with Gasteiger partial charge in [0, 0.05) is 11.6 Å². The zero-order valence-electron chi connectivity index (χ0n) is 15.2. The second-order valence-electron chi connectivity index (χ2n) is 6.02. The molecule has 1 unspecified atom stereocenters. The molecule has 0 aliphatic heterocycles. The molecule has 4 nitrogen and oxygen atoms in total. The molecule has 1 atom stereocenters. The second-order valence-corrected chi connectivity index (χ2v) is 6.02. The standard InChI is InChI=1S/C22H22N2O2/c1-4-17-6-8-18(9-7-17)22-15-19(10-5-16(2)25)23-24(22)20-11-13-21(26-3)14-12-20/h6-9,11-16,25H,4H2,1-3H3. The third kappa shape index (κ3) is 3.96. The zero-order chi connectivity index (χ0) is 18.5. The topological polar surface area (TPSA) is 47.3 Å². The average Bonchev–Trinajstić information content (AvgIpc) is 3.11. The van der Waals surface area contributed by atoms with Gasteiger partial charge in [-0.25, -0.2) is 4.68 Å². The molecule has 0 amide bonds. The van der Waals surface area contributed by atoms with E-state index in [1.807, 2.05) is 35.0 Å². The fourth-order valence-electron chi connectivity index (χ4n) is 2.66. The van der Waals surface area contributed by atoms with E-state index < -0.39 is 6.10 Å². The Morgan fingerprint density at radius 1 is 1.12 bits per heavy atom. The summed E-state index contributed by atoms with van der Waals surface area (Å²) >= 11 is 0. The highest BCUT2D eigenvalue weighted by Crippen LogP contribution is 2.25. The molecule has 1 N–H and O–H groups in total. The summed E-state index contributed by atoms with van der Waals surface area (Å²) in [6, 6.07) is 18.1. The molecule has 0 saturated carbocycles. The molecule has 0 aliphatic rings. The van der Waals surface area contributed by atoms with Crippen LogP contribution in [0, 0.1) is 11.8 Å². The summed E-state index contributed by atoms with van der Waals surface area (Å²) in [7, 11) is 1.65. The first-order valence-corrected chi connectivity index (χ1v) is 8.64. The lowest BCUT2D eigenvalue weighted by molar-refractivity contribution is 0.253. The number of benzene rings is 2. The van der Waals surface area contributed by atoms with Crippen molar-refractivity contribution in [1.29, 1.82) is 0 Å². The van der Waals surface area contributed by atoms with Gasteiger partial charge in [0.05, 0.1) is 18.5 Å². The average molecular weight is 346 g/mol. The van der Waals surface area contributed by atoms with Gasteiger partial charge in [0.1, 0.15) is 17.5 Å². The van der Waals surface area contributed by atoms with Crippen LogP contribution >= 0.6 is 0 Å². The Kier molecular flexibility index (Phi) is 5.40. The first-order valence-electron chi connectivity index (χ1n) is 8.64. The zero-order valence-corrected chi connectivity index (χ0v) is 15.2. The Morgan fingerprint density at radius 2 is 1.81 bits per heavy atom. The molecular weight excluding hydrogens is 324 g/mol. The molecule has 3 rings (SSSR count). The highest BCUT2D eigenvalue weighted by atomic mass is 16.5. The quantitative estimate of drug-likeness (QED) is 0.730. The number of hydrogen-bond donors (Lipinski definition) is 1. The number of aliphatic hydroxyl groups excluding tert-OH is 1. The predicted molar refractivity (Wildman–Crippen MR) is 103 cm³/mol. The van der Waals surface area contributed by atoms with Crippen LogP contribution in [0.1, 0.15) is 25.1 Å².